The van der Waals surface area contributed by atoms with Crippen molar-refractivity contribution >= 4 is 39.4 Å². The maximum atomic E-state index is 12.1. The first-order valence-corrected chi connectivity index (χ1v) is 7.15. The Morgan fingerprint density at radius 3 is 2.81 bits per heavy atom. The second kappa shape index (κ2) is 5.65. The van der Waals surface area contributed by atoms with E-state index in [0.717, 1.165) is 10.2 Å². The molecule has 2 amide bonds. The Hall–Kier alpha value is -2.22. The number of halogens is 1. The first kappa shape index (κ1) is 13.7. The molecule has 1 saturated heterocycles. The highest BCUT2D eigenvalue weighted by atomic mass is 79.9. The van der Waals surface area contributed by atoms with Crippen molar-refractivity contribution in [1.29, 1.82) is 0 Å². The van der Waals surface area contributed by atoms with Crippen molar-refractivity contribution in [2.45, 2.75) is 6.42 Å². The Morgan fingerprint density at radius 1 is 1.38 bits per heavy atom. The van der Waals surface area contributed by atoms with Gasteiger partial charge < -0.3 is 4.90 Å². The summed E-state index contributed by atoms with van der Waals surface area (Å²) in [6.07, 6.45) is 1.50. The number of hydrogen-bond acceptors (Lipinski definition) is 4. The van der Waals surface area contributed by atoms with Crippen LogP contribution in [-0.2, 0) is 9.59 Å². The molecule has 3 rings (SSSR count). The standard InChI is InChI=1S/C13H12BrN5O2/c14-9-1-3-10(4-2-9)19-6-8(5-11(19)20)12(21)17-13-15-7-16-18-13/h1-4,7-8H,5-6H2,(H2,15,16,17,18,21). The molecule has 2 aromatic rings. The summed E-state index contributed by atoms with van der Waals surface area (Å²) in [4.78, 5) is 29.6. The molecule has 0 aliphatic carbocycles. The van der Waals surface area contributed by atoms with E-state index in [0.29, 0.717) is 6.54 Å². The van der Waals surface area contributed by atoms with Crippen LogP contribution in [0.4, 0.5) is 11.6 Å². The summed E-state index contributed by atoms with van der Waals surface area (Å²) < 4.78 is 0.942. The SMILES string of the molecule is O=C(Nc1ncn[nH]1)C1CC(=O)N(c2ccc(Br)cc2)C1. The molecule has 0 bridgehead atoms. The van der Waals surface area contributed by atoms with Crippen LogP contribution in [0.15, 0.2) is 35.1 Å². The Morgan fingerprint density at radius 2 is 2.14 bits per heavy atom. The van der Waals surface area contributed by atoms with Crippen LogP contribution in [0.5, 0.6) is 0 Å². The number of anilines is 2. The second-order valence-corrected chi connectivity index (χ2v) is 5.62. The topological polar surface area (TPSA) is 91.0 Å². The van der Waals surface area contributed by atoms with Gasteiger partial charge in [-0.15, -0.1) is 0 Å². The van der Waals surface area contributed by atoms with Crippen LogP contribution < -0.4 is 10.2 Å². The van der Waals surface area contributed by atoms with Crippen LogP contribution in [-0.4, -0.2) is 33.5 Å². The maximum absolute atomic E-state index is 12.1. The molecule has 1 aliphatic heterocycles. The lowest BCUT2D eigenvalue weighted by Crippen LogP contribution is -2.28. The Labute approximate surface area is 128 Å². The number of carbonyl (C=O) groups excluding carboxylic acids is 2. The zero-order chi connectivity index (χ0) is 14.8. The molecular weight excluding hydrogens is 338 g/mol. The highest BCUT2D eigenvalue weighted by molar-refractivity contribution is 9.10. The predicted octanol–water partition coefficient (Wildman–Crippen LogP) is 1.56. The number of amides is 2. The van der Waals surface area contributed by atoms with Crippen molar-refractivity contribution in [2.75, 3.05) is 16.8 Å². The minimum Gasteiger partial charge on any atom is -0.312 e. The zero-order valence-corrected chi connectivity index (χ0v) is 12.5. The van der Waals surface area contributed by atoms with Gasteiger partial charge in [-0.1, -0.05) is 15.9 Å². The van der Waals surface area contributed by atoms with Crippen LogP contribution in [0.25, 0.3) is 0 Å². The van der Waals surface area contributed by atoms with Crippen LogP contribution in [0.3, 0.4) is 0 Å². The van der Waals surface area contributed by atoms with Crippen LogP contribution in [0.2, 0.25) is 0 Å². The second-order valence-electron chi connectivity index (χ2n) is 4.71. The van der Waals surface area contributed by atoms with Gasteiger partial charge in [-0.25, -0.2) is 5.10 Å². The molecule has 8 heteroatoms. The van der Waals surface area contributed by atoms with Gasteiger partial charge in [0.25, 0.3) is 0 Å². The number of aromatic nitrogens is 3. The smallest absolute Gasteiger partial charge is 0.232 e. The lowest BCUT2D eigenvalue weighted by Gasteiger charge is -2.16. The number of carbonyl (C=O) groups is 2. The summed E-state index contributed by atoms with van der Waals surface area (Å²) in [5, 5.41) is 8.82. The molecule has 1 aliphatic rings. The largest absolute Gasteiger partial charge is 0.312 e. The van der Waals surface area contributed by atoms with Gasteiger partial charge in [0, 0.05) is 23.1 Å². The summed E-state index contributed by atoms with van der Waals surface area (Å²) in [5.74, 6) is -0.407. The summed E-state index contributed by atoms with van der Waals surface area (Å²) in [6, 6.07) is 7.42. The molecule has 21 heavy (non-hydrogen) atoms. The van der Waals surface area contributed by atoms with E-state index in [2.05, 4.69) is 36.4 Å². The van der Waals surface area contributed by atoms with Crippen molar-refractivity contribution in [3.8, 4) is 0 Å². The summed E-state index contributed by atoms with van der Waals surface area (Å²) in [5.41, 5.74) is 0.790. The fraction of sp³-hybridized carbons (Fsp3) is 0.231. The lowest BCUT2D eigenvalue weighted by molar-refractivity contribution is -0.122. The molecule has 108 valence electrons. The zero-order valence-electron chi connectivity index (χ0n) is 10.9. The van der Waals surface area contributed by atoms with Crippen LogP contribution >= 0.6 is 15.9 Å². The van der Waals surface area contributed by atoms with Crippen molar-refractivity contribution in [1.82, 2.24) is 15.2 Å². The summed E-state index contributed by atoms with van der Waals surface area (Å²) in [7, 11) is 0. The van der Waals surface area contributed by atoms with Crippen molar-refractivity contribution in [2.24, 2.45) is 5.92 Å². The maximum Gasteiger partial charge on any atom is 0.232 e. The van der Waals surface area contributed by atoms with E-state index in [4.69, 9.17) is 0 Å². The van der Waals surface area contributed by atoms with Gasteiger partial charge in [-0.05, 0) is 24.3 Å². The number of aromatic amines is 1. The van der Waals surface area contributed by atoms with Gasteiger partial charge in [0.15, 0.2) is 0 Å². The number of rotatable bonds is 3. The third kappa shape index (κ3) is 2.94. The summed E-state index contributed by atoms with van der Waals surface area (Å²) >= 11 is 3.35. The number of hydrogen-bond donors (Lipinski definition) is 2. The minimum atomic E-state index is -0.397. The number of H-pyrrole nitrogens is 1. The molecule has 0 saturated carbocycles. The Balaban J connectivity index is 1.69. The van der Waals surface area contributed by atoms with E-state index < -0.39 is 5.92 Å². The fourth-order valence-corrected chi connectivity index (χ4v) is 2.50. The van der Waals surface area contributed by atoms with E-state index in [1.54, 1.807) is 4.90 Å². The number of benzene rings is 1. The molecule has 1 aromatic heterocycles. The average molecular weight is 350 g/mol. The lowest BCUT2D eigenvalue weighted by atomic mass is 10.1. The van der Waals surface area contributed by atoms with Gasteiger partial charge in [0.1, 0.15) is 6.33 Å². The van der Waals surface area contributed by atoms with E-state index in [1.165, 1.54) is 6.33 Å². The molecule has 1 fully saturated rings. The highest BCUT2D eigenvalue weighted by Crippen LogP contribution is 2.26. The number of nitrogens with one attached hydrogen (secondary N) is 2. The molecule has 1 aromatic carbocycles. The van der Waals surface area contributed by atoms with Gasteiger partial charge in [0.05, 0.1) is 5.92 Å². The summed E-state index contributed by atoms with van der Waals surface area (Å²) in [6.45, 7) is 0.362. The average Bonchev–Trinajstić information content (AvgIpc) is 3.09. The molecule has 0 radical (unpaired) electrons. The van der Waals surface area contributed by atoms with Crippen LogP contribution in [0.1, 0.15) is 6.42 Å². The fourth-order valence-electron chi connectivity index (χ4n) is 2.24. The van der Waals surface area contributed by atoms with E-state index in [9.17, 15) is 9.59 Å². The van der Waals surface area contributed by atoms with E-state index in [-0.39, 0.29) is 24.2 Å². The highest BCUT2D eigenvalue weighted by Gasteiger charge is 2.35. The first-order valence-electron chi connectivity index (χ1n) is 6.35. The molecule has 2 heterocycles. The first-order chi connectivity index (χ1) is 10.1. The van der Waals surface area contributed by atoms with E-state index in [1.807, 2.05) is 24.3 Å². The molecule has 1 atom stereocenters. The third-order valence-corrected chi connectivity index (χ3v) is 3.82. The van der Waals surface area contributed by atoms with Gasteiger partial charge in [-0.2, -0.15) is 10.1 Å². The Bertz CT molecular complexity index is 656. The molecular formula is C13H12BrN5O2. The minimum absolute atomic E-state index is 0.0601. The van der Waals surface area contributed by atoms with Crippen molar-refractivity contribution in [3.63, 3.8) is 0 Å². The molecule has 2 N–H and O–H groups in total. The Kier molecular flexibility index (Phi) is 3.70. The molecule has 0 spiro atoms. The number of nitrogens with zero attached hydrogens (tertiary/aromatic N) is 3. The third-order valence-electron chi connectivity index (χ3n) is 3.29. The van der Waals surface area contributed by atoms with Gasteiger partial charge in [-0.3, -0.25) is 14.9 Å². The predicted molar refractivity (Wildman–Crippen MR) is 79.6 cm³/mol. The van der Waals surface area contributed by atoms with Crippen molar-refractivity contribution < 1.29 is 9.59 Å². The van der Waals surface area contributed by atoms with Crippen LogP contribution in [0, 0.1) is 5.92 Å². The quantitative estimate of drug-likeness (QED) is 0.879. The molecule has 1 unspecified atom stereocenters. The van der Waals surface area contributed by atoms with Gasteiger partial charge in [0.2, 0.25) is 17.8 Å². The normalized spacial score (nSPS) is 18.0. The molecule has 7 nitrogen and oxygen atoms in total. The van der Waals surface area contributed by atoms with Gasteiger partial charge >= 0.3 is 0 Å². The van der Waals surface area contributed by atoms with Crippen molar-refractivity contribution in [3.05, 3.63) is 35.1 Å². The monoisotopic (exact) mass is 349 g/mol. The van der Waals surface area contributed by atoms with E-state index >= 15 is 0 Å².